The van der Waals surface area contributed by atoms with Crippen LogP contribution in [0, 0.1) is 17.8 Å². The molecule has 2 aliphatic carbocycles. The standard InChI is InChI=1S/C18H24ClN/c1-12(8-14-4-3-5-17(19)10-14)20-13(2)18-11-15-6-7-16(18)9-15/h3-7,10,12-13,15-16,18,20H,8-9,11H2,1-2H3. The lowest BCUT2D eigenvalue weighted by atomic mass is 9.87. The summed E-state index contributed by atoms with van der Waals surface area (Å²) in [5.41, 5.74) is 1.32. The Kier molecular flexibility index (Phi) is 4.18. The van der Waals surface area contributed by atoms with E-state index in [1.54, 1.807) is 0 Å². The number of fused-ring (bicyclic) bond motifs is 2. The van der Waals surface area contributed by atoms with Crippen molar-refractivity contribution in [1.82, 2.24) is 5.32 Å². The lowest BCUT2D eigenvalue weighted by molar-refractivity contribution is 0.305. The molecule has 5 unspecified atom stereocenters. The fraction of sp³-hybridized carbons (Fsp3) is 0.556. The largest absolute Gasteiger partial charge is 0.311 e. The second kappa shape index (κ2) is 5.91. The summed E-state index contributed by atoms with van der Waals surface area (Å²) < 4.78 is 0. The molecule has 1 saturated carbocycles. The molecule has 1 fully saturated rings. The van der Waals surface area contributed by atoms with Crippen molar-refractivity contribution in [3.8, 4) is 0 Å². The average molecular weight is 290 g/mol. The molecule has 1 aromatic carbocycles. The highest BCUT2D eigenvalue weighted by molar-refractivity contribution is 6.30. The van der Waals surface area contributed by atoms with Crippen molar-refractivity contribution in [2.75, 3.05) is 0 Å². The number of hydrogen-bond donors (Lipinski definition) is 1. The number of halogens is 1. The van der Waals surface area contributed by atoms with Crippen LogP contribution in [0.4, 0.5) is 0 Å². The van der Waals surface area contributed by atoms with Gasteiger partial charge in [0.1, 0.15) is 0 Å². The molecular weight excluding hydrogens is 266 g/mol. The zero-order valence-corrected chi connectivity index (χ0v) is 13.1. The molecule has 3 rings (SSSR count). The van der Waals surface area contributed by atoms with Crippen molar-refractivity contribution < 1.29 is 0 Å². The molecule has 0 saturated heterocycles. The van der Waals surface area contributed by atoms with Crippen LogP contribution < -0.4 is 5.32 Å². The SMILES string of the molecule is CC(Cc1cccc(Cl)c1)NC(C)C1CC2C=CC1C2. The minimum Gasteiger partial charge on any atom is -0.311 e. The Morgan fingerprint density at radius 1 is 1.25 bits per heavy atom. The van der Waals surface area contributed by atoms with Crippen LogP contribution in [0.5, 0.6) is 0 Å². The molecule has 0 heterocycles. The quantitative estimate of drug-likeness (QED) is 0.789. The van der Waals surface area contributed by atoms with E-state index in [4.69, 9.17) is 11.6 Å². The Labute approximate surface area is 127 Å². The summed E-state index contributed by atoms with van der Waals surface area (Å²) in [6.07, 6.45) is 8.67. The van der Waals surface area contributed by atoms with E-state index in [9.17, 15) is 0 Å². The van der Waals surface area contributed by atoms with Crippen molar-refractivity contribution in [2.45, 2.75) is 45.2 Å². The van der Waals surface area contributed by atoms with Gasteiger partial charge in [0.2, 0.25) is 0 Å². The molecule has 0 spiro atoms. The molecule has 1 aromatic rings. The van der Waals surface area contributed by atoms with Gasteiger partial charge in [0.25, 0.3) is 0 Å². The normalized spacial score (nSPS) is 30.6. The van der Waals surface area contributed by atoms with E-state index >= 15 is 0 Å². The summed E-state index contributed by atoms with van der Waals surface area (Å²) in [5, 5.41) is 4.63. The van der Waals surface area contributed by atoms with Crippen molar-refractivity contribution in [1.29, 1.82) is 0 Å². The highest BCUT2D eigenvalue weighted by atomic mass is 35.5. The van der Waals surface area contributed by atoms with Crippen LogP contribution in [-0.2, 0) is 6.42 Å². The minimum atomic E-state index is 0.492. The van der Waals surface area contributed by atoms with Crippen LogP contribution in [0.2, 0.25) is 5.02 Å². The summed E-state index contributed by atoms with van der Waals surface area (Å²) in [6.45, 7) is 4.63. The Morgan fingerprint density at radius 3 is 2.75 bits per heavy atom. The minimum absolute atomic E-state index is 0.492. The maximum Gasteiger partial charge on any atom is 0.0408 e. The summed E-state index contributed by atoms with van der Waals surface area (Å²) in [4.78, 5) is 0. The molecule has 0 radical (unpaired) electrons. The Balaban J connectivity index is 1.53. The van der Waals surface area contributed by atoms with Gasteiger partial charge in [-0.25, -0.2) is 0 Å². The van der Waals surface area contributed by atoms with Crippen LogP contribution in [0.15, 0.2) is 36.4 Å². The van der Waals surface area contributed by atoms with Gasteiger partial charge in [-0.15, -0.1) is 0 Å². The number of hydrogen-bond acceptors (Lipinski definition) is 1. The van der Waals surface area contributed by atoms with Gasteiger partial charge in [-0.2, -0.15) is 0 Å². The van der Waals surface area contributed by atoms with Crippen LogP contribution in [0.1, 0.15) is 32.3 Å². The molecule has 20 heavy (non-hydrogen) atoms. The highest BCUT2D eigenvalue weighted by Crippen LogP contribution is 2.44. The van der Waals surface area contributed by atoms with Crippen LogP contribution in [0.25, 0.3) is 0 Å². The first kappa shape index (κ1) is 14.2. The smallest absolute Gasteiger partial charge is 0.0408 e. The molecule has 108 valence electrons. The summed E-state index contributed by atoms with van der Waals surface area (Å²) in [6, 6.07) is 9.30. The molecule has 1 N–H and O–H groups in total. The predicted molar refractivity (Wildman–Crippen MR) is 86.1 cm³/mol. The lowest BCUT2D eigenvalue weighted by Crippen LogP contribution is -2.41. The fourth-order valence-electron chi connectivity index (χ4n) is 4.05. The summed E-state index contributed by atoms with van der Waals surface area (Å²) in [7, 11) is 0. The van der Waals surface area contributed by atoms with Gasteiger partial charge < -0.3 is 5.32 Å². The summed E-state index contributed by atoms with van der Waals surface area (Å²) in [5.74, 6) is 2.50. The third-order valence-corrected chi connectivity index (χ3v) is 5.19. The topological polar surface area (TPSA) is 12.0 Å². The van der Waals surface area contributed by atoms with E-state index < -0.39 is 0 Å². The van der Waals surface area contributed by atoms with Crippen LogP contribution in [-0.4, -0.2) is 12.1 Å². The van der Waals surface area contributed by atoms with Crippen molar-refractivity contribution >= 4 is 11.6 Å². The van der Waals surface area contributed by atoms with Crippen LogP contribution >= 0.6 is 11.6 Å². The molecular formula is C18H24ClN. The van der Waals surface area contributed by atoms with Gasteiger partial charge in [0, 0.05) is 17.1 Å². The van der Waals surface area contributed by atoms with E-state index in [1.807, 2.05) is 12.1 Å². The monoisotopic (exact) mass is 289 g/mol. The number of rotatable bonds is 5. The first-order valence-electron chi connectivity index (χ1n) is 7.80. The second-order valence-electron chi connectivity index (χ2n) is 6.63. The molecule has 0 aromatic heterocycles. The molecule has 2 aliphatic rings. The van der Waals surface area contributed by atoms with Gasteiger partial charge in [-0.3, -0.25) is 0 Å². The van der Waals surface area contributed by atoms with E-state index in [-0.39, 0.29) is 0 Å². The Morgan fingerprint density at radius 2 is 2.10 bits per heavy atom. The maximum absolute atomic E-state index is 6.05. The molecule has 2 bridgehead atoms. The first-order valence-corrected chi connectivity index (χ1v) is 8.18. The molecule has 0 amide bonds. The number of benzene rings is 1. The predicted octanol–water partition coefficient (Wildman–Crippen LogP) is 4.46. The summed E-state index contributed by atoms with van der Waals surface area (Å²) >= 11 is 6.05. The maximum atomic E-state index is 6.05. The van der Waals surface area contributed by atoms with E-state index in [1.165, 1.54) is 18.4 Å². The number of allylic oxidation sites excluding steroid dienone is 2. The van der Waals surface area contributed by atoms with E-state index in [2.05, 4.69) is 43.4 Å². The molecule has 2 heteroatoms. The third-order valence-electron chi connectivity index (χ3n) is 4.95. The van der Waals surface area contributed by atoms with Gasteiger partial charge in [-0.1, -0.05) is 35.9 Å². The van der Waals surface area contributed by atoms with E-state index in [0.717, 1.165) is 29.2 Å². The molecule has 0 aliphatic heterocycles. The Hall–Kier alpha value is -0.790. The zero-order valence-electron chi connectivity index (χ0n) is 12.4. The van der Waals surface area contributed by atoms with Crippen molar-refractivity contribution in [2.24, 2.45) is 17.8 Å². The second-order valence-corrected chi connectivity index (χ2v) is 7.07. The average Bonchev–Trinajstić information content (AvgIpc) is 3.00. The van der Waals surface area contributed by atoms with Gasteiger partial charge >= 0.3 is 0 Å². The fourth-order valence-corrected chi connectivity index (χ4v) is 4.26. The van der Waals surface area contributed by atoms with Gasteiger partial charge in [0.15, 0.2) is 0 Å². The van der Waals surface area contributed by atoms with Gasteiger partial charge in [-0.05, 0) is 68.6 Å². The van der Waals surface area contributed by atoms with Crippen molar-refractivity contribution in [3.63, 3.8) is 0 Å². The zero-order chi connectivity index (χ0) is 14.1. The third kappa shape index (κ3) is 3.10. The number of nitrogens with one attached hydrogen (secondary N) is 1. The van der Waals surface area contributed by atoms with Gasteiger partial charge in [0.05, 0.1) is 0 Å². The lowest BCUT2D eigenvalue weighted by Gasteiger charge is -2.29. The van der Waals surface area contributed by atoms with E-state index in [0.29, 0.717) is 12.1 Å². The molecule has 5 atom stereocenters. The highest BCUT2D eigenvalue weighted by Gasteiger charge is 2.38. The van der Waals surface area contributed by atoms with Crippen molar-refractivity contribution in [3.05, 3.63) is 47.0 Å². The Bertz CT molecular complexity index is 496. The van der Waals surface area contributed by atoms with Crippen LogP contribution in [0.3, 0.4) is 0 Å². The first-order chi connectivity index (χ1) is 9.61. The molecule has 1 nitrogen and oxygen atoms in total.